The lowest BCUT2D eigenvalue weighted by Gasteiger charge is -2.26. The lowest BCUT2D eigenvalue weighted by molar-refractivity contribution is 0.252. The Labute approximate surface area is 106 Å². The van der Waals surface area contributed by atoms with Gasteiger partial charge in [-0.05, 0) is 44.9 Å². The van der Waals surface area contributed by atoms with Crippen LogP contribution in [0.1, 0.15) is 38.3 Å². The van der Waals surface area contributed by atoms with E-state index in [9.17, 15) is 0 Å². The molecule has 0 aromatic heterocycles. The molecular formula is C15H26N2. The van der Waals surface area contributed by atoms with Crippen molar-refractivity contribution in [2.45, 2.75) is 46.2 Å². The van der Waals surface area contributed by atoms with Crippen LogP contribution in [0.2, 0.25) is 0 Å². The van der Waals surface area contributed by atoms with Gasteiger partial charge in [-0.2, -0.15) is 0 Å². The molecule has 0 bridgehead atoms. The van der Waals surface area contributed by atoms with E-state index >= 15 is 0 Å². The third kappa shape index (κ3) is 5.33. The first kappa shape index (κ1) is 14.2. The van der Waals surface area contributed by atoms with Crippen LogP contribution < -0.4 is 5.73 Å². The van der Waals surface area contributed by atoms with E-state index in [4.69, 9.17) is 5.73 Å². The van der Waals surface area contributed by atoms with E-state index in [1.165, 1.54) is 11.1 Å². The Hall–Kier alpha value is -0.860. The first-order valence-corrected chi connectivity index (χ1v) is 6.48. The van der Waals surface area contributed by atoms with Crippen LogP contribution in [0.3, 0.4) is 0 Å². The highest BCUT2D eigenvalue weighted by Crippen LogP contribution is 2.12. The van der Waals surface area contributed by atoms with Crippen molar-refractivity contribution in [1.29, 1.82) is 0 Å². The van der Waals surface area contributed by atoms with Crippen LogP contribution in [-0.4, -0.2) is 23.5 Å². The molecule has 0 saturated carbocycles. The molecule has 0 heterocycles. The molecule has 0 spiro atoms. The van der Waals surface area contributed by atoms with Crippen molar-refractivity contribution in [2.24, 2.45) is 5.73 Å². The number of rotatable bonds is 6. The third-order valence-electron chi connectivity index (χ3n) is 3.17. The number of benzene rings is 1. The van der Waals surface area contributed by atoms with Gasteiger partial charge in [-0.25, -0.2) is 0 Å². The van der Waals surface area contributed by atoms with Crippen LogP contribution in [0, 0.1) is 6.92 Å². The molecule has 2 heteroatoms. The molecule has 0 saturated heterocycles. The standard InChI is InChI=1S/C15H26N2/c1-5-17(11-10-15(3,4)16)12-14-9-7-6-8-13(14)2/h6-9H,5,10-12,16H2,1-4H3. The van der Waals surface area contributed by atoms with Crippen molar-refractivity contribution in [3.8, 4) is 0 Å². The van der Waals surface area contributed by atoms with Gasteiger partial charge < -0.3 is 5.73 Å². The van der Waals surface area contributed by atoms with Crippen molar-refractivity contribution >= 4 is 0 Å². The third-order valence-corrected chi connectivity index (χ3v) is 3.17. The molecular weight excluding hydrogens is 208 g/mol. The van der Waals surface area contributed by atoms with Crippen molar-refractivity contribution in [1.82, 2.24) is 4.90 Å². The van der Waals surface area contributed by atoms with Crippen molar-refractivity contribution < 1.29 is 0 Å². The van der Waals surface area contributed by atoms with Gasteiger partial charge in [0.05, 0.1) is 0 Å². The second-order valence-corrected chi connectivity index (χ2v) is 5.53. The molecule has 0 aliphatic rings. The Bertz CT molecular complexity index is 339. The van der Waals surface area contributed by atoms with E-state index in [0.717, 1.165) is 26.1 Å². The zero-order chi connectivity index (χ0) is 12.9. The van der Waals surface area contributed by atoms with E-state index in [0.29, 0.717) is 0 Å². The maximum Gasteiger partial charge on any atom is 0.0236 e. The molecule has 96 valence electrons. The summed E-state index contributed by atoms with van der Waals surface area (Å²) in [4.78, 5) is 2.46. The van der Waals surface area contributed by atoms with Crippen molar-refractivity contribution in [3.63, 3.8) is 0 Å². The van der Waals surface area contributed by atoms with E-state index in [-0.39, 0.29) is 5.54 Å². The zero-order valence-corrected chi connectivity index (χ0v) is 11.7. The first-order valence-electron chi connectivity index (χ1n) is 6.48. The molecule has 1 aromatic carbocycles. The minimum absolute atomic E-state index is 0.0703. The van der Waals surface area contributed by atoms with Crippen LogP contribution in [-0.2, 0) is 6.54 Å². The first-order chi connectivity index (χ1) is 7.92. The molecule has 0 aliphatic carbocycles. The molecule has 0 aliphatic heterocycles. The Morgan fingerprint density at radius 3 is 2.41 bits per heavy atom. The van der Waals surface area contributed by atoms with E-state index in [1.807, 2.05) is 0 Å². The van der Waals surface area contributed by atoms with Crippen LogP contribution in [0.5, 0.6) is 0 Å². The van der Waals surface area contributed by atoms with Gasteiger partial charge in [-0.3, -0.25) is 4.90 Å². The summed E-state index contributed by atoms with van der Waals surface area (Å²) in [5, 5.41) is 0. The van der Waals surface area contributed by atoms with Gasteiger partial charge in [0.15, 0.2) is 0 Å². The van der Waals surface area contributed by atoms with Crippen molar-refractivity contribution in [2.75, 3.05) is 13.1 Å². The lowest BCUT2D eigenvalue weighted by Crippen LogP contribution is -2.37. The average molecular weight is 234 g/mol. The maximum atomic E-state index is 6.04. The minimum Gasteiger partial charge on any atom is -0.326 e. The highest BCUT2D eigenvalue weighted by atomic mass is 15.1. The second kappa shape index (κ2) is 6.18. The van der Waals surface area contributed by atoms with Crippen LogP contribution in [0.25, 0.3) is 0 Å². The molecule has 0 amide bonds. The van der Waals surface area contributed by atoms with Gasteiger partial charge in [0.1, 0.15) is 0 Å². The molecule has 0 fully saturated rings. The lowest BCUT2D eigenvalue weighted by atomic mass is 10.0. The number of hydrogen-bond donors (Lipinski definition) is 1. The molecule has 0 radical (unpaired) electrons. The fourth-order valence-corrected chi connectivity index (χ4v) is 1.82. The molecule has 2 nitrogen and oxygen atoms in total. The Balaban J connectivity index is 2.56. The van der Waals surface area contributed by atoms with Crippen LogP contribution in [0.15, 0.2) is 24.3 Å². The average Bonchev–Trinajstić information content (AvgIpc) is 2.25. The Kier molecular flexibility index (Phi) is 5.16. The predicted octanol–water partition coefficient (Wildman–Crippen LogP) is 2.94. The summed E-state index contributed by atoms with van der Waals surface area (Å²) in [6.07, 6.45) is 1.03. The Morgan fingerprint density at radius 1 is 1.24 bits per heavy atom. The summed E-state index contributed by atoms with van der Waals surface area (Å²) < 4.78 is 0. The molecule has 1 rings (SSSR count). The summed E-state index contributed by atoms with van der Waals surface area (Å²) in [6, 6.07) is 8.60. The zero-order valence-electron chi connectivity index (χ0n) is 11.7. The SMILES string of the molecule is CCN(CCC(C)(C)N)Cc1ccccc1C. The van der Waals surface area contributed by atoms with Crippen LogP contribution in [0.4, 0.5) is 0 Å². The second-order valence-electron chi connectivity index (χ2n) is 5.53. The van der Waals surface area contributed by atoms with Gasteiger partial charge in [0, 0.05) is 18.6 Å². The van der Waals surface area contributed by atoms with Crippen LogP contribution >= 0.6 is 0 Å². The molecule has 0 unspecified atom stereocenters. The molecule has 0 atom stereocenters. The van der Waals surface area contributed by atoms with Gasteiger partial charge >= 0.3 is 0 Å². The normalized spacial score (nSPS) is 12.1. The van der Waals surface area contributed by atoms with Gasteiger partial charge in [-0.15, -0.1) is 0 Å². The largest absolute Gasteiger partial charge is 0.326 e. The fraction of sp³-hybridized carbons (Fsp3) is 0.600. The molecule has 1 aromatic rings. The number of nitrogens with zero attached hydrogens (tertiary/aromatic N) is 1. The summed E-state index contributed by atoms with van der Waals surface area (Å²) in [7, 11) is 0. The topological polar surface area (TPSA) is 29.3 Å². The van der Waals surface area contributed by atoms with Crippen molar-refractivity contribution in [3.05, 3.63) is 35.4 Å². The number of hydrogen-bond acceptors (Lipinski definition) is 2. The summed E-state index contributed by atoms with van der Waals surface area (Å²) in [6.45, 7) is 11.7. The molecule has 17 heavy (non-hydrogen) atoms. The highest BCUT2D eigenvalue weighted by Gasteiger charge is 2.13. The minimum atomic E-state index is -0.0703. The maximum absolute atomic E-state index is 6.04. The molecule has 2 N–H and O–H groups in total. The van der Waals surface area contributed by atoms with E-state index in [1.54, 1.807) is 0 Å². The summed E-state index contributed by atoms with van der Waals surface area (Å²) >= 11 is 0. The van der Waals surface area contributed by atoms with E-state index < -0.39 is 0 Å². The predicted molar refractivity (Wildman–Crippen MR) is 75.0 cm³/mol. The van der Waals surface area contributed by atoms with E-state index in [2.05, 4.69) is 56.9 Å². The summed E-state index contributed by atoms with van der Waals surface area (Å²) in [5.74, 6) is 0. The number of aryl methyl sites for hydroxylation is 1. The monoisotopic (exact) mass is 234 g/mol. The fourth-order valence-electron chi connectivity index (χ4n) is 1.82. The quantitative estimate of drug-likeness (QED) is 0.820. The smallest absolute Gasteiger partial charge is 0.0236 e. The van der Waals surface area contributed by atoms with Gasteiger partial charge in [-0.1, -0.05) is 31.2 Å². The summed E-state index contributed by atoms with van der Waals surface area (Å²) in [5.41, 5.74) is 8.76. The highest BCUT2D eigenvalue weighted by molar-refractivity contribution is 5.25. The number of nitrogens with two attached hydrogens (primary N) is 1. The Morgan fingerprint density at radius 2 is 1.88 bits per heavy atom. The van der Waals surface area contributed by atoms with Gasteiger partial charge in [0.25, 0.3) is 0 Å². The van der Waals surface area contributed by atoms with Gasteiger partial charge in [0.2, 0.25) is 0 Å².